The zero-order chi connectivity index (χ0) is 22.5. The van der Waals surface area contributed by atoms with Crippen LogP contribution in [0.4, 0.5) is 9.18 Å². The van der Waals surface area contributed by atoms with Crippen molar-refractivity contribution in [1.82, 2.24) is 9.80 Å². The maximum absolute atomic E-state index is 14.1. The molecule has 0 aromatic heterocycles. The van der Waals surface area contributed by atoms with Crippen LogP contribution >= 0.6 is 0 Å². The van der Waals surface area contributed by atoms with E-state index < -0.39 is 30.3 Å². The van der Waals surface area contributed by atoms with Crippen LogP contribution in [0, 0.1) is 17.8 Å². The number of ether oxygens (including phenoxy) is 3. The van der Waals surface area contributed by atoms with Gasteiger partial charge in [-0.05, 0) is 57.3 Å². The lowest BCUT2D eigenvalue weighted by molar-refractivity contribution is -0.153. The highest BCUT2D eigenvalue weighted by Gasteiger charge is 2.46. The van der Waals surface area contributed by atoms with Crippen molar-refractivity contribution in [3.8, 4) is 0 Å². The third-order valence-corrected chi connectivity index (χ3v) is 6.95. The predicted octanol–water partition coefficient (Wildman–Crippen LogP) is 2.40. The number of nitrogens with zero attached hydrogens (tertiary/aromatic N) is 2. The second kappa shape index (κ2) is 10.6. The molecule has 1 aliphatic carbocycles. The van der Waals surface area contributed by atoms with E-state index in [2.05, 4.69) is 0 Å². The first-order chi connectivity index (χ1) is 14.9. The lowest BCUT2D eigenvalue weighted by Crippen LogP contribution is -2.55. The Kier molecular flexibility index (Phi) is 8.13. The van der Waals surface area contributed by atoms with Crippen LogP contribution in [0.25, 0.3) is 0 Å². The average Bonchev–Trinajstić information content (AvgIpc) is 3.12. The van der Waals surface area contributed by atoms with Crippen LogP contribution in [-0.4, -0.2) is 86.0 Å². The molecule has 176 valence electrons. The summed E-state index contributed by atoms with van der Waals surface area (Å²) in [5.41, 5.74) is 0. The molecule has 3 rings (SSSR count). The van der Waals surface area contributed by atoms with E-state index in [1.807, 2.05) is 4.90 Å². The van der Waals surface area contributed by atoms with Gasteiger partial charge in [0.2, 0.25) is 0 Å². The second-order valence-corrected chi connectivity index (χ2v) is 8.88. The van der Waals surface area contributed by atoms with Gasteiger partial charge in [0.15, 0.2) is 0 Å². The Bertz CT molecular complexity index is 662. The van der Waals surface area contributed by atoms with Gasteiger partial charge >= 0.3 is 18.0 Å². The molecule has 2 aliphatic heterocycles. The minimum Gasteiger partial charge on any atom is -0.465 e. The van der Waals surface area contributed by atoms with E-state index in [4.69, 9.17) is 14.2 Å². The van der Waals surface area contributed by atoms with Crippen molar-refractivity contribution in [1.29, 1.82) is 0 Å². The van der Waals surface area contributed by atoms with Crippen LogP contribution in [0.2, 0.25) is 0 Å². The molecule has 31 heavy (non-hydrogen) atoms. The predicted molar refractivity (Wildman–Crippen MR) is 110 cm³/mol. The molecule has 3 aliphatic rings. The minimum atomic E-state index is -1.01. The number of hydrogen-bond donors (Lipinski definition) is 0. The summed E-state index contributed by atoms with van der Waals surface area (Å²) in [6.45, 7) is 5.45. The molecule has 0 N–H and O–H groups in total. The number of piperidine rings is 1. The zero-order valence-electron chi connectivity index (χ0n) is 18.8. The molecular formula is C22H35FN2O6. The van der Waals surface area contributed by atoms with Crippen LogP contribution in [0.15, 0.2) is 0 Å². The van der Waals surface area contributed by atoms with Crippen LogP contribution in [-0.2, 0) is 23.8 Å². The van der Waals surface area contributed by atoms with Crippen molar-refractivity contribution in [2.75, 3.05) is 40.0 Å². The van der Waals surface area contributed by atoms with Gasteiger partial charge in [0.25, 0.3) is 0 Å². The van der Waals surface area contributed by atoms with Crippen LogP contribution < -0.4 is 0 Å². The molecule has 2 saturated heterocycles. The molecule has 0 radical (unpaired) electrons. The van der Waals surface area contributed by atoms with Gasteiger partial charge in [0.1, 0.15) is 18.3 Å². The summed E-state index contributed by atoms with van der Waals surface area (Å²) in [5.74, 6) is 0.157. The largest absolute Gasteiger partial charge is 0.465 e. The lowest BCUT2D eigenvalue weighted by Gasteiger charge is -2.46. The monoisotopic (exact) mass is 442 g/mol. The fourth-order valence-electron chi connectivity index (χ4n) is 5.56. The highest BCUT2D eigenvalue weighted by molar-refractivity contribution is 5.81. The van der Waals surface area contributed by atoms with Crippen molar-refractivity contribution in [3.05, 3.63) is 0 Å². The fraction of sp³-hybridized carbons (Fsp3) is 0.864. The van der Waals surface area contributed by atoms with Gasteiger partial charge in [-0.2, -0.15) is 0 Å². The van der Waals surface area contributed by atoms with Crippen molar-refractivity contribution < 1.29 is 33.0 Å². The Morgan fingerprint density at radius 1 is 0.903 bits per heavy atom. The van der Waals surface area contributed by atoms with Gasteiger partial charge in [0, 0.05) is 26.1 Å². The lowest BCUT2D eigenvalue weighted by atomic mass is 9.69. The van der Waals surface area contributed by atoms with Crippen molar-refractivity contribution in [3.63, 3.8) is 0 Å². The molecule has 2 heterocycles. The molecule has 0 bridgehead atoms. The first kappa shape index (κ1) is 23.8. The number of halogens is 1. The van der Waals surface area contributed by atoms with Crippen LogP contribution in [0.5, 0.6) is 0 Å². The van der Waals surface area contributed by atoms with Crippen LogP contribution in [0.3, 0.4) is 0 Å². The molecule has 8 nitrogen and oxygen atoms in total. The standard InChI is InChI=1S/C22H35FN2O6/c1-4-30-20(26)18-10-17(23)13-24(18)11-14-6-7-15-12-25(22(28)29-3)19(9-16(15)8-14)21(27)31-5-2/h14-19H,4-13H2,1-3H3/t14-,15-,16?,17-,18-,19?/m0/s1. The first-order valence-electron chi connectivity index (χ1n) is 11.4. The molecule has 6 atom stereocenters. The maximum atomic E-state index is 14.1. The Balaban J connectivity index is 1.64. The number of hydrogen-bond acceptors (Lipinski definition) is 7. The molecule has 3 fully saturated rings. The number of carbonyl (C=O) groups is 3. The summed E-state index contributed by atoms with van der Waals surface area (Å²) in [7, 11) is 1.32. The number of carbonyl (C=O) groups excluding carboxylic acids is 3. The van der Waals surface area contributed by atoms with E-state index in [0.29, 0.717) is 38.0 Å². The summed E-state index contributed by atoms with van der Waals surface area (Å²) >= 11 is 0. The summed E-state index contributed by atoms with van der Waals surface area (Å²) in [4.78, 5) is 40.4. The van der Waals surface area contributed by atoms with E-state index in [1.165, 1.54) is 12.0 Å². The number of esters is 2. The zero-order valence-corrected chi connectivity index (χ0v) is 18.8. The van der Waals surface area contributed by atoms with E-state index in [-0.39, 0.29) is 31.5 Å². The van der Waals surface area contributed by atoms with E-state index in [9.17, 15) is 18.8 Å². The molecular weight excluding hydrogens is 407 g/mol. The van der Waals surface area contributed by atoms with Gasteiger partial charge in [0.05, 0.1) is 20.3 Å². The summed E-state index contributed by atoms with van der Waals surface area (Å²) < 4.78 is 29.3. The van der Waals surface area contributed by atoms with Gasteiger partial charge < -0.3 is 14.2 Å². The van der Waals surface area contributed by atoms with E-state index in [0.717, 1.165) is 19.3 Å². The molecule has 0 aromatic rings. The third-order valence-electron chi connectivity index (χ3n) is 6.95. The quantitative estimate of drug-likeness (QED) is 0.461. The second-order valence-electron chi connectivity index (χ2n) is 8.88. The van der Waals surface area contributed by atoms with Crippen LogP contribution in [0.1, 0.15) is 46.0 Å². The Morgan fingerprint density at radius 3 is 2.23 bits per heavy atom. The molecule has 1 saturated carbocycles. The summed E-state index contributed by atoms with van der Waals surface area (Å²) in [5, 5.41) is 0. The van der Waals surface area contributed by atoms with Crippen molar-refractivity contribution >= 4 is 18.0 Å². The van der Waals surface area contributed by atoms with Crippen molar-refractivity contribution in [2.24, 2.45) is 17.8 Å². The first-order valence-corrected chi connectivity index (χ1v) is 11.4. The topological polar surface area (TPSA) is 85.4 Å². The highest BCUT2D eigenvalue weighted by atomic mass is 19.1. The van der Waals surface area contributed by atoms with Crippen molar-refractivity contribution in [2.45, 2.75) is 64.2 Å². The molecule has 0 aromatic carbocycles. The smallest absolute Gasteiger partial charge is 0.410 e. The Labute approximate surface area is 183 Å². The fourth-order valence-corrected chi connectivity index (χ4v) is 5.56. The Hall–Kier alpha value is -1.90. The third kappa shape index (κ3) is 5.48. The summed E-state index contributed by atoms with van der Waals surface area (Å²) in [6.07, 6.45) is 1.99. The number of likely N-dealkylation sites (tertiary alicyclic amines) is 2. The van der Waals surface area contributed by atoms with E-state index in [1.54, 1.807) is 13.8 Å². The number of rotatable bonds is 6. The van der Waals surface area contributed by atoms with Gasteiger partial charge in [-0.15, -0.1) is 0 Å². The number of methoxy groups -OCH3 is 1. The number of fused-ring (bicyclic) bond motifs is 1. The van der Waals surface area contributed by atoms with Gasteiger partial charge in [-0.1, -0.05) is 0 Å². The molecule has 9 heteroatoms. The number of alkyl halides is 1. The molecule has 2 unspecified atom stereocenters. The Morgan fingerprint density at radius 2 is 1.58 bits per heavy atom. The number of amides is 1. The normalized spacial score (nSPS) is 33.5. The van der Waals surface area contributed by atoms with Gasteiger partial charge in [-0.25, -0.2) is 14.0 Å². The highest BCUT2D eigenvalue weighted by Crippen LogP contribution is 2.42. The minimum absolute atomic E-state index is 0.191. The molecule has 0 spiro atoms. The average molecular weight is 443 g/mol. The van der Waals surface area contributed by atoms with E-state index >= 15 is 0 Å². The van der Waals surface area contributed by atoms with Gasteiger partial charge in [-0.3, -0.25) is 14.6 Å². The molecule has 1 amide bonds. The SMILES string of the molecule is CCOC(=O)C1CC2C[C@@H](CN3C[C@@H](F)C[C@H]3C(=O)OCC)CC[C@H]2CN1C(=O)OC. The summed E-state index contributed by atoms with van der Waals surface area (Å²) in [6, 6.07) is -1.15. The maximum Gasteiger partial charge on any atom is 0.410 e.